The SMILES string of the molecule is Sc1ccc(ON2CCCCC2)cc1. The Morgan fingerprint density at radius 2 is 1.64 bits per heavy atom. The lowest BCUT2D eigenvalue weighted by atomic mass is 10.2. The van der Waals surface area contributed by atoms with E-state index in [0.29, 0.717) is 0 Å². The second kappa shape index (κ2) is 4.71. The van der Waals surface area contributed by atoms with Crippen LogP contribution in [0.1, 0.15) is 19.3 Å². The zero-order valence-electron chi connectivity index (χ0n) is 8.15. The molecule has 0 unspecified atom stereocenters. The van der Waals surface area contributed by atoms with Crippen LogP contribution in [0.2, 0.25) is 0 Å². The molecule has 1 saturated heterocycles. The van der Waals surface area contributed by atoms with E-state index in [1.807, 2.05) is 29.3 Å². The molecular formula is C11H15NOS. The van der Waals surface area contributed by atoms with E-state index in [1.54, 1.807) is 0 Å². The maximum absolute atomic E-state index is 5.71. The van der Waals surface area contributed by atoms with Gasteiger partial charge in [0, 0.05) is 18.0 Å². The molecule has 2 rings (SSSR count). The fourth-order valence-corrected chi connectivity index (χ4v) is 1.76. The van der Waals surface area contributed by atoms with E-state index in [0.717, 1.165) is 23.7 Å². The second-order valence-electron chi connectivity index (χ2n) is 3.57. The third-order valence-corrected chi connectivity index (χ3v) is 2.68. The van der Waals surface area contributed by atoms with Crippen molar-refractivity contribution >= 4 is 12.6 Å². The van der Waals surface area contributed by atoms with Crippen LogP contribution >= 0.6 is 12.6 Å². The molecule has 1 heterocycles. The molecule has 2 nitrogen and oxygen atoms in total. The second-order valence-corrected chi connectivity index (χ2v) is 4.09. The van der Waals surface area contributed by atoms with E-state index < -0.39 is 0 Å². The number of piperidine rings is 1. The van der Waals surface area contributed by atoms with Gasteiger partial charge >= 0.3 is 0 Å². The first-order valence-electron chi connectivity index (χ1n) is 5.06. The van der Waals surface area contributed by atoms with Crippen LogP contribution in [-0.2, 0) is 0 Å². The van der Waals surface area contributed by atoms with Gasteiger partial charge in [0.1, 0.15) is 5.75 Å². The van der Waals surface area contributed by atoms with Crippen molar-refractivity contribution in [3.63, 3.8) is 0 Å². The highest BCUT2D eigenvalue weighted by molar-refractivity contribution is 7.80. The van der Waals surface area contributed by atoms with Gasteiger partial charge in [-0.2, -0.15) is 0 Å². The average Bonchev–Trinajstić information content (AvgIpc) is 2.23. The summed E-state index contributed by atoms with van der Waals surface area (Å²) in [6, 6.07) is 7.80. The minimum absolute atomic E-state index is 0.907. The van der Waals surface area contributed by atoms with Crippen LogP contribution in [0, 0.1) is 0 Å². The number of rotatable bonds is 2. The van der Waals surface area contributed by atoms with E-state index in [1.165, 1.54) is 19.3 Å². The van der Waals surface area contributed by atoms with E-state index in [9.17, 15) is 0 Å². The molecule has 76 valence electrons. The van der Waals surface area contributed by atoms with Gasteiger partial charge in [-0.05, 0) is 37.1 Å². The Balaban J connectivity index is 1.92. The summed E-state index contributed by atoms with van der Waals surface area (Å²) in [6.45, 7) is 2.09. The summed E-state index contributed by atoms with van der Waals surface area (Å²) in [5.41, 5.74) is 0. The summed E-state index contributed by atoms with van der Waals surface area (Å²) in [7, 11) is 0. The topological polar surface area (TPSA) is 12.5 Å². The fourth-order valence-electron chi connectivity index (χ4n) is 1.61. The summed E-state index contributed by atoms with van der Waals surface area (Å²) in [6.07, 6.45) is 3.81. The molecule has 0 saturated carbocycles. The molecule has 1 aliphatic heterocycles. The lowest BCUT2D eigenvalue weighted by Crippen LogP contribution is -2.32. The Labute approximate surface area is 90.2 Å². The zero-order chi connectivity index (χ0) is 9.80. The number of hydroxylamine groups is 2. The Morgan fingerprint density at radius 1 is 1.00 bits per heavy atom. The molecule has 0 aliphatic carbocycles. The quantitative estimate of drug-likeness (QED) is 0.752. The molecule has 14 heavy (non-hydrogen) atoms. The lowest BCUT2D eigenvalue weighted by molar-refractivity contribution is -0.0720. The lowest BCUT2D eigenvalue weighted by Gasteiger charge is -2.25. The maximum atomic E-state index is 5.71. The van der Waals surface area contributed by atoms with Gasteiger partial charge in [-0.25, -0.2) is 0 Å². The molecule has 0 spiro atoms. The average molecular weight is 209 g/mol. The van der Waals surface area contributed by atoms with Crippen LogP contribution < -0.4 is 4.84 Å². The maximum Gasteiger partial charge on any atom is 0.147 e. The highest BCUT2D eigenvalue weighted by Crippen LogP contribution is 2.17. The third kappa shape index (κ3) is 2.66. The van der Waals surface area contributed by atoms with Crippen molar-refractivity contribution in [3.05, 3.63) is 24.3 Å². The van der Waals surface area contributed by atoms with Crippen molar-refractivity contribution in [1.82, 2.24) is 5.06 Å². The number of thiol groups is 1. The van der Waals surface area contributed by atoms with E-state index >= 15 is 0 Å². The van der Waals surface area contributed by atoms with E-state index in [2.05, 4.69) is 12.6 Å². The van der Waals surface area contributed by atoms with Gasteiger partial charge in [0.15, 0.2) is 0 Å². The van der Waals surface area contributed by atoms with E-state index in [-0.39, 0.29) is 0 Å². The third-order valence-electron chi connectivity index (χ3n) is 2.39. The van der Waals surface area contributed by atoms with Gasteiger partial charge in [0.05, 0.1) is 0 Å². The van der Waals surface area contributed by atoms with Crippen molar-refractivity contribution in [2.24, 2.45) is 0 Å². The molecule has 0 radical (unpaired) electrons. The monoisotopic (exact) mass is 209 g/mol. The highest BCUT2D eigenvalue weighted by atomic mass is 32.1. The molecule has 0 N–H and O–H groups in total. The molecule has 3 heteroatoms. The smallest absolute Gasteiger partial charge is 0.147 e. The molecule has 0 amide bonds. The van der Waals surface area contributed by atoms with Crippen LogP contribution in [0.5, 0.6) is 5.75 Å². The van der Waals surface area contributed by atoms with Gasteiger partial charge < -0.3 is 4.84 Å². The van der Waals surface area contributed by atoms with E-state index in [4.69, 9.17) is 4.84 Å². The van der Waals surface area contributed by atoms with Gasteiger partial charge in [-0.1, -0.05) is 6.42 Å². The Hall–Kier alpha value is -0.670. The summed E-state index contributed by atoms with van der Waals surface area (Å²) in [5, 5.41) is 2.04. The molecule has 1 fully saturated rings. The molecule has 1 aliphatic rings. The zero-order valence-corrected chi connectivity index (χ0v) is 9.04. The van der Waals surface area contributed by atoms with Gasteiger partial charge in [0.2, 0.25) is 0 Å². The predicted molar refractivity (Wildman–Crippen MR) is 59.7 cm³/mol. The summed E-state index contributed by atoms with van der Waals surface area (Å²) < 4.78 is 0. The Bertz CT molecular complexity index is 280. The van der Waals surface area contributed by atoms with Gasteiger partial charge in [-0.3, -0.25) is 0 Å². The molecule has 1 aromatic rings. The molecule has 0 aromatic heterocycles. The molecular weight excluding hydrogens is 194 g/mol. The van der Waals surface area contributed by atoms with Gasteiger partial charge in [0.25, 0.3) is 0 Å². The molecule has 0 bridgehead atoms. The summed E-state index contributed by atoms with van der Waals surface area (Å²) in [5.74, 6) is 0.907. The first-order chi connectivity index (χ1) is 6.84. The normalized spacial score (nSPS) is 18.1. The number of hydrogen-bond donors (Lipinski definition) is 1. The predicted octanol–water partition coefficient (Wildman–Crippen LogP) is 2.76. The number of hydrogen-bond acceptors (Lipinski definition) is 3. The van der Waals surface area contributed by atoms with Crippen LogP contribution in [0.25, 0.3) is 0 Å². The van der Waals surface area contributed by atoms with Crippen LogP contribution in [0.15, 0.2) is 29.2 Å². The Kier molecular flexibility index (Phi) is 3.32. The summed E-state index contributed by atoms with van der Waals surface area (Å²) in [4.78, 5) is 6.68. The van der Waals surface area contributed by atoms with Crippen molar-refractivity contribution in [2.45, 2.75) is 24.2 Å². The largest absolute Gasteiger partial charge is 0.406 e. The minimum atomic E-state index is 0.907. The standard InChI is InChI=1S/C11H15NOS/c14-11-6-4-10(5-7-11)13-12-8-2-1-3-9-12/h4-7,14H,1-3,8-9H2. The summed E-state index contributed by atoms with van der Waals surface area (Å²) >= 11 is 4.23. The molecule has 0 atom stereocenters. The molecule has 1 aromatic carbocycles. The van der Waals surface area contributed by atoms with Crippen molar-refractivity contribution in [3.8, 4) is 5.75 Å². The van der Waals surface area contributed by atoms with Crippen molar-refractivity contribution in [2.75, 3.05) is 13.1 Å². The number of benzene rings is 1. The van der Waals surface area contributed by atoms with Crippen molar-refractivity contribution < 1.29 is 4.84 Å². The first-order valence-corrected chi connectivity index (χ1v) is 5.51. The fraction of sp³-hybridized carbons (Fsp3) is 0.455. The Morgan fingerprint density at radius 3 is 2.29 bits per heavy atom. The van der Waals surface area contributed by atoms with Gasteiger partial charge in [-0.15, -0.1) is 17.7 Å². The van der Waals surface area contributed by atoms with Crippen LogP contribution in [0.3, 0.4) is 0 Å². The highest BCUT2D eigenvalue weighted by Gasteiger charge is 2.11. The first kappa shape index (κ1) is 9.87. The van der Waals surface area contributed by atoms with Crippen molar-refractivity contribution in [1.29, 1.82) is 0 Å². The van der Waals surface area contributed by atoms with Crippen LogP contribution in [-0.4, -0.2) is 18.2 Å². The van der Waals surface area contributed by atoms with Crippen LogP contribution in [0.4, 0.5) is 0 Å². The minimum Gasteiger partial charge on any atom is -0.406 e. The number of nitrogens with zero attached hydrogens (tertiary/aromatic N) is 1.